The number of rotatable bonds is 0. The first kappa shape index (κ1) is 12.4. The van der Waals surface area contributed by atoms with Gasteiger partial charge in [-0.1, -0.05) is 46.0 Å². The summed E-state index contributed by atoms with van der Waals surface area (Å²) in [5, 5.41) is 3.86. The summed E-state index contributed by atoms with van der Waals surface area (Å²) in [6.07, 6.45) is 13.0. The first-order chi connectivity index (χ1) is 7.70. The second-order valence-electron chi connectivity index (χ2n) is 6.60. The predicted octanol–water partition coefficient (Wildman–Crippen LogP) is 4.13. The van der Waals surface area contributed by atoms with Gasteiger partial charge < -0.3 is 5.32 Å². The van der Waals surface area contributed by atoms with Crippen LogP contribution in [-0.2, 0) is 0 Å². The van der Waals surface area contributed by atoms with E-state index in [4.69, 9.17) is 0 Å². The Morgan fingerprint density at radius 3 is 2.50 bits per heavy atom. The molecule has 2 aliphatic rings. The molecule has 1 saturated heterocycles. The van der Waals surface area contributed by atoms with Gasteiger partial charge in [-0.25, -0.2) is 0 Å². The molecule has 0 amide bonds. The fourth-order valence-corrected chi connectivity index (χ4v) is 3.84. The van der Waals surface area contributed by atoms with Crippen LogP contribution in [0.15, 0.2) is 0 Å². The quantitative estimate of drug-likeness (QED) is 0.651. The Hall–Kier alpha value is -0.0400. The van der Waals surface area contributed by atoms with Crippen LogP contribution in [0.5, 0.6) is 0 Å². The Morgan fingerprint density at radius 2 is 1.62 bits per heavy atom. The van der Waals surface area contributed by atoms with E-state index in [0.29, 0.717) is 5.41 Å². The SMILES string of the molecule is CC1(C)CCCCCNC2CCCCCC21. The molecule has 0 bridgehead atoms. The summed E-state index contributed by atoms with van der Waals surface area (Å²) < 4.78 is 0. The summed E-state index contributed by atoms with van der Waals surface area (Å²) >= 11 is 0. The third kappa shape index (κ3) is 3.00. The Balaban J connectivity index is 2.11. The van der Waals surface area contributed by atoms with Crippen LogP contribution in [0.3, 0.4) is 0 Å². The lowest BCUT2D eigenvalue weighted by atomic mass is 9.70. The predicted molar refractivity (Wildman–Crippen MR) is 70.6 cm³/mol. The minimum atomic E-state index is 0.562. The van der Waals surface area contributed by atoms with E-state index >= 15 is 0 Å². The van der Waals surface area contributed by atoms with E-state index in [1.54, 1.807) is 0 Å². The Labute approximate surface area is 101 Å². The molecular formula is C15H29N. The van der Waals surface area contributed by atoms with Crippen molar-refractivity contribution in [3.8, 4) is 0 Å². The number of fused-ring (bicyclic) bond motifs is 1. The molecule has 0 spiro atoms. The molecule has 1 nitrogen and oxygen atoms in total. The standard InChI is InChI=1S/C15H29N/c1-15(2)11-7-4-8-12-16-14-10-6-3-5-9-13(14)15/h13-14,16H,3-12H2,1-2H3. The summed E-state index contributed by atoms with van der Waals surface area (Å²) in [5.74, 6) is 0.924. The van der Waals surface area contributed by atoms with Crippen LogP contribution in [0.1, 0.15) is 71.6 Å². The van der Waals surface area contributed by atoms with E-state index in [2.05, 4.69) is 19.2 Å². The maximum absolute atomic E-state index is 3.86. The van der Waals surface area contributed by atoms with E-state index in [0.717, 1.165) is 12.0 Å². The minimum Gasteiger partial charge on any atom is -0.314 e. The second kappa shape index (κ2) is 5.53. The van der Waals surface area contributed by atoms with Crippen LogP contribution < -0.4 is 5.32 Å². The van der Waals surface area contributed by atoms with E-state index < -0.39 is 0 Å². The zero-order valence-electron chi connectivity index (χ0n) is 11.2. The summed E-state index contributed by atoms with van der Waals surface area (Å²) in [6, 6.07) is 0.815. The van der Waals surface area contributed by atoms with Gasteiger partial charge in [0.05, 0.1) is 0 Å². The Kier molecular flexibility index (Phi) is 4.29. The van der Waals surface area contributed by atoms with Crippen molar-refractivity contribution in [3.05, 3.63) is 0 Å². The topological polar surface area (TPSA) is 12.0 Å². The molecule has 2 rings (SSSR count). The molecule has 0 aromatic carbocycles. The van der Waals surface area contributed by atoms with Gasteiger partial charge in [0.25, 0.3) is 0 Å². The summed E-state index contributed by atoms with van der Waals surface area (Å²) in [6.45, 7) is 6.29. The average Bonchev–Trinajstić information content (AvgIpc) is 2.45. The van der Waals surface area contributed by atoms with Crippen molar-refractivity contribution < 1.29 is 0 Å². The molecule has 1 saturated carbocycles. The molecule has 16 heavy (non-hydrogen) atoms. The van der Waals surface area contributed by atoms with Gasteiger partial charge in [0, 0.05) is 6.04 Å². The van der Waals surface area contributed by atoms with Crippen molar-refractivity contribution in [1.82, 2.24) is 5.32 Å². The molecule has 1 aliphatic heterocycles. The van der Waals surface area contributed by atoms with Crippen molar-refractivity contribution in [2.24, 2.45) is 11.3 Å². The first-order valence-corrected chi connectivity index (χ1v) is 7.43. The third-order valence-corrected chi connectivity index (χ3v) is 4.92. The second-order valence-corrected chi connectivity index (χ2v) is 6.60. The lowest BCUT2D eigenvalue weighted by molar-refractivity contribution is 0.139. The third-order valence-electron chi connectivity index (χ3n) is 4.92. The largest absolute Gasteiger partial charge is 0.314 e. The zero-order valence-corrected chi connectivity index (χ0v) is 11.2. The maximum atomic E-state index is 3.86. The molecule has 94 valence electrons. The molecule has 1 heterocycles. The van der Waals surface area contributed by atoms with Gasteiger partial charge in [0.1, 0.15) is 0 Å². The summed E-state index contributed by atoms with van der Waals surface area (Å²) in [4.78, 5) is 0. The molecule has 1 N–H and O–H groups in total. The number of hydrogen-bond donors (Lipinski definition) is 1. The Bertz CT molecular complexity index is 209. The Morgan fingerprint density at radius 1 is 0.875 bits per heavy atom. The lowest BCUT2D eigenvalue weighted by Gasteiger charge is -2.39. The number of nitrogens with one attached hydrogen (secondary N) is 1. The monoisotopic (exact) mass is 223 g/mol. The molecule has 0 aromatic rings. The fourth-order valence-electron chi connectivity index (χ4n) is 3.84. The van der Waals surface area contributed by atoms with Gasteiger partial charge in [0.2, 0.25) is 0 Å². The molecule has 1 aliphatic carbocycles. The summed E-state index contributed by atoms with van der Waals surface area (Å²) in [5.41, 5.74) is 0.562. The number of hydrogen-bond acceptors (Lipinski definition) is 1. The van der Waals surface area contributed by atoms with Crippen molar-refractivity contribution in [2.75, 3.05) is 6.54 Å². The highest BCUT2D eigenvalue weighted by molar-refractivity contribution is 4.90. The van der Waals surface area contributed by atoms with E-state index in [1.807, 2.05) is 0 Å². The normalized spacial score (nSPS) is 36.4. The summed E-state index contributed by atoms with van der Waals surface area (Å²) in [7, 11) is 0. The molecule has 2 fully saturated rings. The van der Waals surface area contributed by atoms with Crippen molar-refractivity contribution in [1.29, 1.82) is 0 Å². The van der Waals surface area contributed by atoms with Gasteiger partial charge in [-0.2, -0.15) is 0 Å². The van der Waals surface area contributed by atoms with E-state index in [1.165, 1.54) is 64.3 Å². The van der Waals surface area contributed by atoms with Crippen LogP contribution in [-0.4, -0.2) is 12.6 Å². The van der Waals surface area contributed by atoms with Crippen molar-refractivity contribution in [2.45, 2.75) is 77.7 Å². The van der Waals surface area contributed by atoms with Crippen LogP contribution in [0.2, 0.25) is 0 Å². The van der Waals surface area contributed by atoms with Crippen LogP contribution in [0, 0.1) is 11.3 Å². The highest BCUT2D eigenvalue weighted by Crippen LogP contribution is 2.41. The molecule has 0 aromatic heterocycles. The highest BCUT2D eigenvalue weighted by atomic mass is 14.9. The fraction of sp³-hybridized carbons (Fsp3) is 1.00. The molecule has 0 radical (unpaired) electrons. The first-order valence-electron chi connectivity index (χ1n) is 7.43. The van der Waals surface area contributed by atoms with Gasteiger partial charge >= 0.3 is 0 Å². The van der Waals surface area contributed by atoms with Crippen molar-refractivity contribution >= 4 is 0 Å². The lowest BCUT2D eigenvalue weighted by Crippen LogP contribution is -2.42. The maximum Gasteiger partial charge on any atom is 0.0100 e. The van der Waals surface area contributed by atoms with Gasteiger partial charge in [-0.3, -0.25) is 0 Å². The molecular weight excluding hydrogens is 194 g/mol. The smallest absolute Gasteiger partial charge is 0.0100 e. The van der Waals surface area contributed by atoms with Gasteiger partial charge in [-0.15, -0.1) is 0 Å². The van der Waals surface area contributed by atoms with Crippen molar-refractivity contribution in [3.63, 3.8) is 0 Å². The zero-order chi connectivity index (χ0) is 11.4. The minimum absolute atomic E-state index is 0.562. The van der Waals surface area contributed by atoms with Crippen LogP contribution in [0.25, 0.3) is 0 Å². The van der Waals surface area contributed by atoms with E-state index in [9.17, 15) is 0 Å². The molecule has 1 heteroatoms. The van der Waals surface area contributed by atoms with Gasteiger partial charge in [0.15, 0.2) is 0 Å². The molecule has 2 unspecified atom stereocenters. The van der Waals surface area contributed by atoms with E-state index in [-0.39, 0.29) is 0 Å². The average molecular weight is 223 g/mol. The van der Waals surface area contributed by atoms with Gasteiger partial charge in [-0.05, 0) is 43.6 Å². The van der Waals surface area contributed by atoms with Crippen LogP contribution >= 0.6 is 0 Å². The van der Waals surface area contributed by atoms with Crippen LogP contribution in [0.4, 0.5) is 0 Å². The molecule has 2 atom stereocenters. The highest BCUT2D eigenvalue weighted by Gasteiger charge is 2.35.